The minimum atomic E-state index is -0.771. The summed E-state index contributed by atoms with van der Waals surface area (Å²) in [5, 5.41) is 6.37. The van der Waals surface area contributed by atoms with Crippen molar-refractivity contribution in [2.24, 2.45) is 0 Å². The fraction of sp³-hybridized carbons (Fsp3) is 0.211. The first-order valence-electron chi connectivity index (χ1n) is 8.08. The highest BCUT2D eigenvalue weighted by molar-refractivity contribution is 5.92. The molecule has 1 amide bonds. The highest BCUT2D eigenvalue weighted by Crippen LogP contribution is 2.27. The van der Waals surface area contributed by atoms with Crippen LogP contribution in [0.3, 0.4) is 0 Å². The number of para-hydroxylation sites is 2. The monoisotopic (exact) mass is 353 g/mol. The number of carbonyl (C=O) groups excluding carboxylic acids is 1. The number of amides is 1. The Morgan fingerprint density at radius 1 is 1.15 bits per heavy atom. The van der Waals surface area contributed by atoms with Crippen LogP contribution in [0.2, 0.25) is 0 Å². The van der Waals surface area contributed by atoms with Gasteiger partial charge in [-0.2, -0.15) is 4.98 Å². The lowest BCUT2D eigenvalue weighted by molar-refractivity contribution is -0.122. The molecule has 7 nitrogen and oxygen atoms in total. The Hall–Kier alpha value is -3.35. The van der Waals surface area contributed by atoms with Crippen LogP contribution in [0, 0.1) is 6.92 Å². The smallest absolute Gasteiger partial charge is 0.270 e. The van der Waals surface area contributed by atoms with Crippen molar-refractivity contribution in [3.8, 4) is 23.0 Å². The topological polar surface area (TPSA) is 86.5 Å². The van der Waals surface area contributed by atoms with Crippen molar-refractivity contribution in [1.82, 2.24) is 10.1 Å². The average molecular weight is 353 g/mol. The second kappa shape index (κ2) is 7.69. The lowest BCUT2D eigenvalue weighted by atomic mass is 10.1. The number of aryl methyl sites for hydroxylation is 1. The van der Waals surface area contributed by atoms with Crippen LogP contribution in [-0.2, 0) is 4.79 Å². The Bertz CT molecular complexity index is 907. The SMILES string of the molecule is COc1ccccc1OC(C)C(=O)Nc1noc(-c2cccc(C)c2)n1. The maximum absolute atomic E-state index is 12.3. The van der Waals surface area contributed by atoms with Crippen molar-refractivity contribution < 1.29 is 18.8 Å². The Balaban J connectivity index is 1.66. The summed E-state index contributed by atoms with van der Waals surface area (Å²) >= 11 is 0. The van der Waals surface area contributed by atoms with Crippen molar-refractivity contribution in [3.63, 3.8) is 0 Å². The molecule has 1 heterocycles. The van der Waals surface area contributed by atoms with Gasteiger partial charge in [0.25, 0.3) is 17.7 Å². The van der Waals surface area contributed by atoms with Gasteiger partial charge >= 0.3 is 0 Å². The van der Waals surface area contributed by atoms with E-state index in [1.165, 1.54) is 0 Å². The minimum absolute atomic E-state index is 0.0852. The third-order valence-electron chi connectivity index (χ3n) is 3.67. The van der Waals surface area contributed by atoms with E-state index >= 15 is 0 Å². The maximum atomic E-state index is 12.3. The third-order valence-corrected chi connectivity index (χ3v) is 3.67. The predicted molar refractivity (Wildman–Crippen MR) is 96.2 cm³/mol. The molecular weight excluding hydrogens is 334 g/mol. The summed E-state index contributed by atoms with van der Waals surface area (Å²) in [6.45, 7) is 3.60. The molecule has 3 aromatic rings. The summed E-state index contributed by atoms with van der Waals surface area (Å²) in [6.07, 6.45) is -0.771. The van der Waals surface area contributed by atoms with Crippen LogP contribution in [0.1, 0.15) is 12.5 Å². The van der Waals surface area contributed by atoms with Gasteiger partial charge in [0, 0.05) is 5.56 Å². The molecule has 0 aliphatic carbocycles. The van der Waals surface area contributed by atoms with Crippen molar-refractivity contribution in [2.45, 2.75) is 20.0 Å². The molecule has 0 saturated heterocycles. The van der Waals surface area contributed by atoms with E-state index in [4.69, 9.17) is 14.0 Å². The fourth-order valence-corrected chi connectivity index (χ4v) is 2.34. The number of hydrogen-bond donors (Lipinski definition) is 1. The van der Waals surface area contributed by atoms with Crippen LogP contribution in [0.25, 0.3) is 11.5 Å². The fourth-order valence-electron chi connectivity index (χ4n) is 2.34. The Kier molecular flexibility index (Phi) is 5.17. The molecule has 0 spiro atoms. The van der Waals surface area contributed by atoms with Gasteiger partial charge in [0.05, 0.1) is 7.11 Å². The summed E-state index contributed by atoms with van der Waals surface area (Å²) in [5.41, 5.74) is 1.86. The van der Waals surface area contributed by atoms with E-state index in [0.717, 1.165) is 11.1 Å². The molecule has 0 aliphatic rings. The van der Waals surface area contributed by atoms with Gasteiger partial charge in [-0.05, 0) is 43.3 Å². The first kappa shape index (κ1) is 17.5. The zero-order chi connectivity index (χ0) is 18.5. The minimum Gasteiger partial charge on any atom is -0.493 e. The normalized spacial score (nSPS) is 11.7. The van der Waals surface area contributed by atoms with E-state index in [2.05, 4.69) is 15.5 Å². The Labute approximate surface area is 150 Å². The molecule has 0 fully saturated rings. The lowest BCUT2D eigenvalue weighted by Gasteiger charge is -2.15. The van der Waals surface area contributed by atoms with E-state index in [1.54, 1.807) is 32.2 Å². The van der Waals surface area contributed by atoms with Crippen LogP contribution in [-0.4, -0.2) is 29.3 Å². The highest BCUT2D eigenvalue weighted by Gasteiger charge is 2.19. The Morgan fingerprint density at radius 2 is 1.92 bits per heavy atom. The molecule has 0 bridgehead atoms. The van der Waals surface area contributed by atoms with Crippen LogP contribution < -0.4 is 14.8 Å². The summed E-state index contributed by atoms with van der Waals surface area (Å²) in [6, 6.07) is 14.8. The summed E-state index contributed by atoms with van der Waals surface area (Å²) < 4.78 is 16.1. The summed E-state index contributed by atoms with van der Waals surface area (Å²) in [4.78, 5) is 16.5. The van der Waals surface area contributed by atoms with Crippen LogP contribution in [0.4, 0.5) is 5.95 Å². The zero-order valence-corrected chi connectivity index (χ0v) is 14.7. The number of nitrogens with zero attached hydrogens (tertiary/aromatic N) is 2. The summed E-state index contributed by atoms with van der Waals surface area (Å²) in [5.74, 6) is 1.05. The number of hydrogen-bond acceptors (Lipinski definition) is 6. The number of anilines is 1. The van der Waals surface area contributed by atoms with Gasteiger partial charge in [-0.1, -0.05) is 29.8 Å². The molecule has 0 saturated carbocycles. The van der Waals surface area contributed by atoms with Crippen molar-refractivity contribution >= 4 is 11.9 Å². The summed E-state index contributed by atoms with van der Waals surface area (Å²) in [7, 11) is 1.54. The average Bonchev–Trinajstić information content (AvgIpc) is 3.10. The molecule has 0 aliphatic heterocycles. The highest BCUT2D eigenvalue weighted by atomic mass is 16.5. The van der Waals surface area contributed by atoms with Gasteiger partial charge in [0.2, 0.25) is 0 Å². The Morgan fingerprint density at radius 3 is 2.65 bits per heavy atom. The third kappa shape index (κ3) is 4.00. The lowest BCUT2D eigenvalue weighted by Crippen LogP contribution is -2.30. The predicted octanol–water partition coefficient (Wildman–Crippen LogP) is 3.46. The number of nitrogens with one attached hydrogen (secondary N) is 1. The maximum Gasteiger partial charge on any atom is 0.270 e. The van der Waals surface area contributed by atoms with E-state index in [-0.39, 0.29) is 5.95 Å². The molecule has 2 aromatic carbocycles. The molecule has 26 heavy (non-hydrogen) atoms. The first-order chi connectivity index (χ1) is 12.6. The van der Waals surface area contributed by atoms with Crippen molar-refractivity contribution in [1.29, 1.82) is 0 Å². The number of rotatable bonds is 6. The number of aromatic nitrogens is 2. The zero-order valence-electron chi connectivity index (χ0n) is 14.7. The standard InChI is InChI=1S/C19H19N3O4/c1-12-7-6-8-14(11-12)18-21-19(22-26-18)20-17(23)13(2)25-16-10-5-4-9-15(16)24-3/h4-11,13H,1-3H3,(H,20,22,23). The number of benzene rings is 2. The van der Waals surface area contributed by atoms with Gasteiger partial charge in [-0.15, -0.1) is 0 Å². The van der Waals surface area contributed by atoms with Gasteiger partial charge in [-0.3, -0.25) is 10.1 Å². The molecule has 1 N–H and O–H groups in total. The van der Waals surface area contributed by atoms with Crippen LogP contribution in [0.5, 0.6) is 11.5 Å². The molecule has 134 valence electrons. The molecular formula is C19H19N3O4. The van der Waals surface area contributed by atoms with Crippen LogP contribution >= 0.6 is 0 Å². The molecule has 1 aromatic heterocycles. The van der Waals surface area contributed by atoms with E-state index in [9.17, 15) is 4.79 Å². The second-order valence-corrected chi connectivity index (χ2v) is 5.69. The van der Waals surface area contributed by atoms with Gasteiger partial charge in [0.15, 0.2) is 17.6 Å². The molecule has 1 unspecified atom stereocenters. The van der Waals surface area contributed by atoms with Gasteiger partial charge in [0.1, 0.15) is 0 Å². The van der Waals surface area contributed by atoms with E-state index in [1.807, 2.05) is 37.3 Å². The molecule has 1 atom stereocenters. The number of ether oxygens (including phenoxy) is 2. The quantitative estimate of drug-likeness (QED) is 0.730. The largest absolute Gasteiger partial charge is 0.493 e. The van der Waals surface area contributed by atoms with Crippen LogP contribution in [0.15, 0.2) is 53.1 Å². The van der Waals surface area contributed by atoms with Crippen molar-refractivity contribution in [2.75, 3.05) is 12.4 Å². The number of methoxy groups -OCH3 is 1. The van der Waals surface area contributed by atoms with E-state index in [0.29, 0.717) is 17.4 Å². The molecule has 7 heteroatoms. The van der Waals surface area contributed by atoms with Gasteiger partial charge < -0.3 is 14.0 Å². The van der Waals surface area contributed by atoms with Gasteiger partial charge in [-0.25, -0.2) is 0 Å². The van der Waals surface area contributed by atoms with Crippen molar-refractivity contribution in [3.05, 3.63) is 54.1 Å². The molecule has 0 radical (unpaired) electrons. The number of carbonyl (C=O) groups is 1. The molecule has 3 rings (SSSR count). The van der Waals surface area contributed by atoms with E-state index < -0.39 is 12.0 Å². The second-order valence-electron chi connectivity index (χ2n) is 5.69. The first-order valence-corrected chi connectivity index (χ1v) is 8.08.